The summed E-state index contributed by atoms with van der Waals surface area (Å²) in [6.45, 7) is 1.38. The molecule has 1 N–H and O–H groups in total. The highest BCUT2D eigenvalue weighted by Crippen LogP contribution is 2.27. The fourth-order valence-electron chi connectivity index (χ4n) is 2.13. The zero-order chi connectivity index (χ0) is 15.4. The molecule has 0 aromatic heterocycles. The van der Waals surface area contributed by atoms with Crippen LogP contribution in [0.2, 0.25) is 0 Å². The Hall–Kier alpha value is -2.34. The van der Waals surface area contributed by atoms with Crippen molar-refractivity contribution < 1.29 is 13.7 Å². The molecule has 0 bridgehead atoms. The maximum Gasteiger partial charge on any atom is 0.321 e. The Kier molecular flexibility index (Phi) is 4.39. The Morgan fingerprint density at radius 3 is 2.32 bits per heavy atom. The summed E-state index contributed by atoms with van der Waals surface area (Å²) < 4.78 is 10.8. The molecule has 0 saturated carbocycles. The second kappa shape index (κ2) is 6.62. The average Bonchev–Trinajstić information content (AvgIpc) is 3.00. The largest absolute Gasteiger partial charge is 0.497 e. The molecule has 0 spiro atoms. The summed E-state index contributed by atoms with van der Waals surface area (Å²) in [6, 6.07) is 15.1. The molecule has 114 valence electrons. The maximum atomic E-state index is 11.6. The molecule has 1 heterocycles. The summed E-state index contributed by atoms with van der Waals surface area (Å²) in [5.74, 6) is 1.56. The van der Waals surface area contributed by atoms with E-state index in [1.165, 1.54) is 12.0 Å². The summed E-state index contributed by atoms with van der Waals surface area (Å²) in [5, 5.41) is 2.78. The number of anilines is 1. The number of benzene rings is 2. The Bertz CT molecular complexity index is 643. The Morgan fingerprint density at radius 1 is 1.05 bits per heavy atom. The first kappa shape index (κ1) is 14.6. The first-order valence-corrected chi connectivity index (χ1v) is 7.64. The van der Waals surface area contributed by atoms with Crippen molar-refractivity contribution in [2.75, 3.05) is 25.1 Å². The van der Waals surface area contributed by atoms with Crippen molar-refractivity contribution in [2.24, 2.45) is 0 Å². The van der Waals surface area contributed by atoms with Crippen LogP contribution in [0.4, 0.5) is 10.5 Å². The molecule has 1 aliphatic rings. The lowest BCUT2D eigenvalue weighted by Gasteiger charge is -2.14. The summed E-state index contributed by atoms with van der Waals surface area (Å²) in [7, 11) is 1.64. The van der Waals surface area contributed by atoms with Crippen molar-refractivity contribution in [2.45, 2.75) is 4.90 Å². The molecule has 0 aliphatic carbocycles. The van der Waals surface area contributed by atoms with Crippen molar-refractivity contribution in [3.05, 3.63) is 48.5 Å². The minimum absolute atomic E-state index is 0.0544. The van der Waals surface area contributed by atoms with E-state index < -0.39 is 0 Å². The van der Waals surface area contributed by atoms with Gasteiger partial charge in [0.1, 0.15) is 11.5 Å². The molecule has 2 amide bonds. The summed E-state index contributed by atoms with van der Waals surface area (Å²) in [5.41, 5.74) is 0.872. The Balaban J connectivity index is 1.59. The van der Waals surface area contributed by atoms with Gasteiger partial charge in [0.05, 0.1) is 19.2 Å². The number of hydrogen-bond acceptors (Lipinski definition) is 4. The van der Waals surface area contributed by atoms with Crippen LogP contribution in [0.15, 0.2) is 53.4 Å². The molecular weight excluding hydrogens is 300 g/mol. The zero-order valence-corrected chi connectivity index (χ0v) is 12.9. The summed E-state index contributed by atoms with van der Waals surface area (Å²) in [4.78, 5) is 14.3. The van der Waals surface area contributed by atoms with Crippen LogP contribution in [0.3, 0.4) is 0 Å². The van der Waals surface area contributed by atoms with Crippen LogP contribution in [0.1, 0.15) is 0 Å². The minimum Gasteiger partial charge on any atom is -0.497 e. The lowest BCUT2D eigenvalue weighted by molar-refractivity contribution is 0.252. The van der Waals surface area contributed by atoms with E-state index in [-0.39, 0.29) is 6.03 Å². The SMILES string of the molecule is COc1ccc(SOc2ccc(N3CCNC3=O)cc2)cc1. The van der Waals surface area contributed by atoms with Crippen LogP contribution >= 0.6 is 12.0 Å². The van der Waals surface area contributed by atoms with Crippen LogP contribution in [-0.4, -0.2) is 26.2 Å². The quantitative estimate of drug-likeness (QED) is 0.860. The molecule has 1 aliphatic heterocycles. The third-order valence-corrected chi connectivity index (χ3v) is 4.04. The van der Waals surface area contributed by atoms with Gasteiger partial charge in [-0.15, -0.1) is 0 Å². The molecule has 3 rings (SSSR count). The van der Waals surface area contributed by atoms with E-state index in [0.29, 0.717) is 13.1 Å². The van der Waals surface area contributed by atoms with Crippen molar-refractivity contribution in [1.29, 1.82) is 0 Å². The third kappa shape index (κ3) is 3.28. The minimum atomic E-state index is -0.0544. The predicted octanol–water partition coefficient (Wildman–Crippen LogP) is 3.31. The van der Waals surface area contributed by atoms with Gasteiger partial charge in [-0.25, -0.2) is 4.79 Å². The second-order valence-electron chi connectivity index (χ2n) is 4.72. The predicted molar refractivity (Wildman–Crippen MR) is 86.7 cm³/mol. The molecular formula is C16H16N2O3S. The van der Waals surface area contributed by atoms with Gasteiger partial charge in [0.15, 0.2) is 0 Å². The van der Waals surface area contributed by atoms with Gasteiger partial charge in [0.2, 0.25) is 0 Å². The zero-order valence-electron chi connectivity index (χ0n) is 12.1. The highest BCUT2D eigenvalue weighted by atomic mass is 32.2. The monoisotopic (exact) mass is 316 g/mol. The maximum absolute atomic E-state index is 11.6. The lowest BCUT2D eigenvalue weighted by Crippen LogP contribution is -2.27. The van der Waals surface area contributed by atoms with Gasteiger partial charge in [0, 0.05) is 23.7 Å². The molecule has 6 heteroatoms. The van der Waals surface area contributed by atoms with E-state index in [1.54, 1.807) is 12.0 Å². The van der Waals surface area contributed by atoms with Crippen LogP contribution in [0.5, 0.6) is 11.5 Å². The topological polar surface area (TPSA) is 50.8 Å². The van der Waals surface area contributed by atoms with E-state index in [4.69, 9.17) is 8.92 Å². The van der Waals surface area contributed by atoms with Gasteiger partial charge < -0.3 is 14.2 Å². The second-order valence-corrected chi connectivity index (χ2v) is 5.52. The molecule has 2 aromatic carbocycles. The van der Waals surface area contributed by atoms with Crippen LogP contribution in [-0.2, 0) is 0 Å². The van der Waals surface area contributed by atoms with Crippen LogP contribution in [0.25, 0.3) is 0 Å². The number of methoxy groups -OCH3 is 1. The van der Waals surface area contributed by atoms with Crippen LogP contribution < -0.4 is 19.1 Å². The fraction of sp³-hybridized carbons (Fsp3) is 0.188. The number of nitrogens with one attached hydrogen (secondary N) is 1. The molecule has 5 nitrogen and oxygen atoms in total. The normalized spacial score (nSPS) is 13.9. The molecule has 0 unspecified atom stereocenters. The number of ether oxygens (including phenoxy) is 1. The number of carbonyl (C=O) groups is 1. The standard InChI is InChI=1S/C16H16N2O3S/c1-20-13-6-8-15(9-7-13)22-21-14-4-2-12(3-5-14)18-11-10-17-16(18)19/h2-9H,10-11H2,1H3,(H,17,19). The first-order chi connectivity index (χ1) is 10.8. The number of amides is 2. The molecule has 0 atom stereocenters. The molecule has 0 radical (unpaired) electrons. The van der Waals surface area contributed by atoms with Gasteiger partial charge in [0.25, 0.3) is 0 Å². The Labute approximate surface area is 133 Å². The van der Waals surface area contributed by atoms with E-state index in [0.717, 1.165) is 22.1 Å². The fourth-order valence-corrected chi connectivity index (χ4v) is 2.68. The van der Waals surface area contributed by atoms with Gasteiger partial charge in [-0.1, -0.05) is 0 Å². The third-order valence-electron chi connectivity index (χ3n) is 3.30. The van der Waals surface area contributed by atoms with Crippen molar-refractivity contribution in [1.82, 2.24) is 5.32 Å². The van der Waals surface area contributed by atoms with E-state index in [9.17, 15) is 4.79 Å². The van der Waals surface area contributed by atoms with Gasteiger partial charge in [-0.2, -0.15) is 0 Å². The van der Waals surface area contributed by atoms with Crippen molar-refractivity contribution >= 4 is 23.8 Å². The molecule has 22 heavy (non-hydrogen) atoms. The number of urea groups is 1. The summed E-state index contributed by atoms with van der Waals surface area (Å²) >= 11 is 1.28. The Morgan fingerprint density at radius 2 is 1.73 bits per heavy atom. The van der Waals surface area contributed by atoms with Gasteiger partial charge >= 0.3 is 6.03 Å². The number of rotatable bonds is 5. The molecule has 2 aromatic rings. The van der Waals surface area contributed by atoms with E-state index in [2.05, 4.69) is 5.32 Å². The highest BCUT2D eigenvalue weighted by molar-refractivity contribution is 7.95. The van der Waals surface area contributed by atoms with Gasteiger partial charge in [-0.3, -0.25) is 4.90 Å². The van der Waals surface area contributed by atoms with E-state index >= 15 is 0 Å². The average molecular weight is 316 g/mol. The highest BCUT2D eigenvalue weighted by Gasteiger charge is 2.20. The van der Waals surface area contributed by atoms with E-state index in [1.807, 2.05) is 48.5 Å². The lowest BCUT2D eigenvalue weighted by atomic mass is 10.3. The van der Waals surface area contributed by atoms with Gasteiger partial charge in [-0.05, 0) is 48.5 Å². The number of hydrogen-bond donors (Lipinski definition) is 1. The number of nitrogens with zero attached hydrogens (tertiary/aromatic N) is 1. The van der Waals surface area contributed by atoms with Crippen molar-refractivity contribution in [3.63, 3.8) is 0 Å². The first-order valence-electron chi connectivity index (χ1n) is 6.90. The molecule has 1 fully saturated rings. The van der Waals surface area contributed by atoms with Crippen LogP contribution in [0, 0.1) is 0 Å². The number of carbonyl (C=O) groups excluding carboxylic acids is 1. The summed E-state index contributed by atoms with van der Waals surface area (Å²) in [6.07, 6.45) is 0. The smallest absolute Gasteiger partial charge is 0.321 e. The molecule has 1 saturated heterocycles. The van der Waals surface area contributed by atoms with Crippen molar-refractivity contribution in [3.8, 4) is 11.5 Å².